The van der Waals surface area contributed by atoms with Crippen molar-refractivity contribution in [2.75, 3.05) is 6.54 Å². The van der Waals surface area contributed by atoms with Crippen LogP contribution in [-0.2, 0) is 6.54 Å². The first-order valence-electron chi connectivity index (χ1n) is 6.79. The highest BCUT2D eigenvalue weighted by Crippen LogP contribution is 2.33. The maximum atomic E-state index is 13.6. The molecule has 3 heteroatoms. The molecule has 2 rings (SSSR count). The lowest BCUT2D eigenvalue weighted by molar-refractivity contribution is 0.626. The first kappa shape index (κ1) is 15.0. The molecule has 20 heavy (non-hydrogen) atoms. The van der Waals surface area contributed by atoms with Gasteiger partial charge in [0.1, 0.15) is 5.82 Å². The molecule has 2 aromatic rings. The van der Waals surface area contributed by atoms with Crippen LogP contribution in [0.2, 0.25) is 5.02 Å². The van der Waals surface area contributed by atoms with Crippen LogP contribution < -0.4 is 5.32 Å². The van der Waals surface area contributed by atoms with Crippen LogP contribution in [0.25, 0.3) is 11.1 Å². The van der Waals surface area contributed by atoms with Gasteiger partial charge in [-0.15, -0.1) is 0 Å². The van der Waals surface area contributed by atoms with Gasteiger partial charge in [-0.25, -0.2) is 4.39 Å². The standard InChI is InChI=1S/C17H19ClFN/c1-4-20-10-13-5-6-14(19)9-15(13)16-7-11(2)12(3)8-17(16)18/h5-9,20H,4,10H2,1-3H3. The highest BCUT2D eigenvalue weighted by atomic mass is 35.5. The number of aryl methyl sites for hydroxylation is 2. The smallest absolute Gasteiger partial charge is 0.123 e. The summed E-state index contributed by atoms with van der Waals surface area (Å²) in [4.78, 5) is 0. The van der Waals surface area contributed by atoms with Gasteiger partial charge in [-0.3, -0.25) is 0 Å². The highest BCUT2D eigenvalue weighted by Gasteiger charge is 2.11. The van der Waals surface area contributed by atoms with Gasteiger partial charge in [0.15, 0.2) is 0 Å². The summed E-state index contributed by atoms with van der Waals surface area (Å²) in [5.74, 6) is -0.241. The Morgan fingerprint density at radius 1 is 1.05 bits per heavy atom. The second-order valence-corrected chi connectivity index (χ2v) is 5.41. The quantitative estimate of drug-likeness (QED) is 0.847. The number of halogens is 2. The van der Waals surface area contributed by atoms with E-state index in [2.05, 4.69) is 5.32 Å². The van der Waals surface area contributed by atoms with Crippen LogP contribution in [0.3, 0.4) is 0 Å². The minimum Gasteiger partial charge on any atom is -0.313 e. The van der Waals surface area contributed by atoms with Gasteiger partial charge in [0, 0.05) is 17.1 Å². The van der Waals surface area contributed by atoms with Crippen molar-refractivity contribution in [3.8, 4) is 11.1 Å². The molecule has 0 saturated heterocycles. The Bertz CT molecular complexity index is 623. The minimum absolute atomic E-state index is 0.241. The molecule has 0 fully saturated rings. The van der Waals surface area contributed by atoms with Crippen molar-refractivity contribution in [1.82, 2.24) is 5.32 Å². The fraction of sp³-hybridized carbons (Fsp3) is 0.294. The van der Waals surface area contributed by atoms with Gasteiger partial charge in [-0.05, 0) is 66.9 Å². The van der Waals surface area contributed by atoms with E-state index in [1.807, 2.05) is 39.0 Å². The van der Waals surface area contributed by atoms with Crippen LogP contribution in [0.5, 0.6) is 0 Å². The Labute approximate surface area is 124 Å². The third kappa shape index (κ3) is 3.20. The summed E-state index contributed by atoms with van der Waals surface area (Å²) >= 11 is 6.35. The molecule has 0 aromatic heterocycles. The molecule has 0 aliphatic heterocycles. The van der Waals surface area contributed by atoms with E-state index in [0.717, 1.165) is 34.4 Å². The zero-order valence-electron chi connectivity index (χ0n) is 12.1. The number of rotatable bonds is 4. The molecule has 0 heterocycles. The van der Waals surface area contributed by atoms with Crippen molar-refractivity contribution in [2.45, 2.75) is 27.3 Å². The monoisotopic (exact) mass is 291 g/mol. The van der Waals surface area contributed by atoms with Crippen LogP contribution in [0.15, 0.2) is 30.3 Å². The fourth-order valence-electron chi connectivity index (χ4n) is 2.20. The summed E-state index contributed by atoms with van der Waals surface area (Å²) in [5.41, 5.74) is 5.10. The second kappa shape index (κ2) is 6.38. The van der Waals surface area contributed by atoms with Crippen molar-refractivity contribution < 1.29 is 4.39 Å². The Hall–Kier alpha value is -1.38. The molecule has 0 bridgehead atoms. The normalized spacial score (nSPS) is 10.8. The molecule has 1 nitrogen and oxygen atoms in total. The Morgan fingerprint density at radius 3 is 2.45 bits per heavy atom. The Morgan fingerprint density at radius 2 is 1.75 bits per heavy atom. The summed E-state index contributed by atoms with van der Waals surface area (Å²) in [6.07, 6.45) is 0. The zero-order chi connectivity index (χ0) is 14.7. The summed E-state index contributed by atoms with van der Waals surface area (Å²) < 4.78 is 13.6. The first-order valence-corrected chi connectivity index (χ1v) is 7.17. The largest absolute Gasteiger partial charge is 0.313 e. The van der Waals surface area contributed by atoms with E-state index in [-0.39, 0.29) is 5.82 Å². The number of benzene rings is 2. The topological polar surface area (TPSA) is 12.0 Å². The average Bonchev–Trinajstić information content (AvgIpc) is 2.41. The third-order valence-electron chi connectivity index (χ3n) is 3.51. The predicted octanol–water partition coefficient (Wildman–Crippen LogP) is 4.87. The summed E-state index contributed by atoms with van der Waals surface area (Å²) in [6.45, 7) is 7.69. The summed E-state index contributed by atoms with van der Waals surface area (Å²) in [7, 11) is 0. The molecule has 0 spiro atoms. The molecule has 0 atom stereocenters. The molecular formula is C17H19ClFN. The van der Waals surface area contributed by atoms with Crippen molar-refractivity contribution in [3.63, 3.8) is 0 Å². The van der Waals surface area contributed by atoms with Gasteiger partial charge >= 0.3 is 0 Å². The van der Waals surface area contributed by atoms with Gasteiger partial charge < -0.3 is 5.32 Å². The molecule has 0 saturated carbocycles. The lowest BCUT2D eigenvalue weighted by Crippen LogP contribution is -2.12. The van der Waals surface area contributed by atoms with Gasteiger partial charge in [0.05, 0.1) is 0 Å². The zero-order valence-corrected chi connectivity index (χ0v) is 12.8. The highest BCUT2D eigenvalue weighted by molar-refractivity contribution is 6.33. The lowest BCUT2D eigenvalue weighted by atomic mass is 9.96. The van der Waals surface area contributed by atoms with Crippen molar-refractivity contribution in [1.29, 1.82) is 0 Å². The van der Waals surface area contributed by atoms with Crippen LogP contribution in [-0.4, -0.2) is 6.54 Å². The predicted molar refractivity (Wildman–Crippen MR) is 83.7 cm³/mol. The molecular weight excluding hydrogens is 273 g/mol. The molecule has 2 aromatic carbocycles. The van der Waals surface area contributed by atoms with Gasteiger partial charge in [0.25, 0.3) is 0 Å². The third-order valence-corrected chi connectivity index (χ3v) is 3.82. The van der Waals surface area contributed by atoms with Crippen molar-refractivity contribution in [2.24, 2.45) is 0 Å². The molecule has 106 valence electrons. The molecule has 0 unspecified atom stereocenters. The van der Waals surface area contributed by atoms with E-state index in [1.165, 1.54) is 6.07 Å². The van der Waals surface area contributed by atoms with E-state index in [4.69, 9.17) is 11.6 Å². The maximum Gasteiger partial charge on any atom is 0.123 e. The number of hydrogen-bond donors (Lipinski definition) is 1. The molecule has 1 N–H and O–H groups in total. The Kier molecular flexibility index (Phi) is 4.79. The van der Waals surface area contributed by atoms with Gasteiger partial charge in [-0.2, -0.15) is 0 Å². The van der Waals surface area contributed by atoms with Crippen LogP contribution in [0.4, 0.5) is 4.39 Å². The molecule has 0 aliphatic rings. The van der Waals surface area contributed by atoms with E-state index in [9.17, 15) is 4.39 Å². The average molecular weight is 292 g/mol. The minimum atomic E-state index is -0.241. The van der Waals surface area contributed by atoms with Crippen LogP contribution >= 0.6 is 11.6 Å². The van der Waals surface area contributed by atoms with Gasteiger partial charge in [0.2, 0.25) is 0 Å². The molecule has 0 radical (unpaired) electrons. The number of nitrogens with one attached hydrogen (secondary N) is 1. The van der Waals surface area contributed by atoms with E-state index in [1.54, 1.807) is 6.07 Å². The fourth-order valence-corrected chi connectivity index (χ4v) is 2.52. The van der Waals surface area contributed by atoms with E-state index >= 15 is 0 Å². The first-order chi connectivity index (χ1) is 9.52. The van der Waals surface area contributed by atoms with Gasteiger partial charge in [-0.1, -0.05) is 24.6 Å². The molecule has 0 aliphatic carbocycles. The summed E-state index contributed by atoms with van der Waals surface area (Å²) in [5, 5.41) is 3.94. The second-order valence-electron chi connectivity index (χ2n) is 5.00. The van der Waals surface area contributed by atoms with E-state index in [0.29, 0.717) is 11.6 Å². The Balaban J connectivity index is 2.55. The summed E-state index contributed by atoms with van der Waals surface area (Å²) in [6, 6.07) is 8.84. The molecule has 0 amide bonds. The lowest BCUT2D eigenvalue weighted by Gasteiger charge is -2.14. The maximum absolute atomic E-state index is 13.6. The SMILES string of the molecule is CCNCc1ccc(F)cc1-c1cc(C)c(C)cc1Cl. The van der Waals surface area contributed by atoms with Crippen molar-refractivity contribution >= 4 is 11.6 Å². The van der Waals surface area contributed by atoms with Crippen LogP contribution in [0.1, 0.15) is 23.6 Å². The van der Waals surface area contributed by atoms with Crippen molar-refractivity contribution in [3.05, 3.63) is 57.9 Å². The van der Waals surface area contributed by atoms with Crippen LogP contribution in [0, 0.1) is 19.7 Å². The number of hydrogen-bond acceptors (Lipinski definition) is 1. The van der Waals surface area contributed by atoms with E-state index < -0.39 is 0 Å².